The van der Waals surface area contributed by atoms with Gasteiger partial charge in [0.1, 0.15) is 11.6 Å². The lowest BCUT2D eigenvalue weighted by Crippen LogP contribution is -2.39. The van der Waals surface area contributed by atoms with E-state index in [1.807, 2.05) is 35.2 Å². The van der Waals surface area contributed by atoms with Gasteiger partial charge in [0.25, 0.3) is 0 Å². The third kappa shape index (κ3) is 3.74. The van der Waals surface area contributed by atoms with Crippen LogP contribution in [0.1, 0.15) is 23.5 Å². The van der Waals surface area contributed by atoms with Crippen LogP contribution in [0.5, 0.6) is 0 Å². The number of nitrogen functional groups attached to an aromatic ring is 1. The molecule has 0 radical (unpaired) electrons. The SMILES string of the molecule is Nc1nc(N2CCOCC2)nc2c1[C@H](C(=O)NCc1ccccc1)CC(=O)N2. The van der Waals surface area contributed by atoms with Gasteiger partial charge in [0.2, 0.25) is 17.8 Å². The van der Waals surface area contributed by atoms with Gasteiger partial charge in [-0.3, -0.25) is 9.59 Å². The van der Waals surface area contributed by atoms with E-state index < -0.39 is 5.92 Å². The Hall–Kier alpha value is -3.20. The molecular weight excluding hydrogens is 360 g/mol. The summed E-state index contributed by atoms with van der Waals surface area (Å²) in [4.78, 5) is 35.8. The van der Waals surface area contributed by atoms with Crippen molar-refractivity contribution in [3.05, 3.63) is 41.5 Å². The highest BCUT2D eigenvalue weighted by Gasteiger charge is 2.35. The molecule has 2 amide bonds. The van der Waals surface area contributed by atoms with Gasteiger partial charge in [0, 0.05) is 26.1 Å². The molecule has 2 aliphatic rings. The maximum absolute atomic E-state index is 12.8. The number of fused-ring (bicyclic) bond motifs is 1. The molecular formula is C19H22N6O3. The molecule has 0 spiro atoms. The van der Waals surface area contributed by atoms with Crippen LogP contribution in [0.2, 0.25) is 0 Å². The Bertz CT molecular complexity index is 883. The van der Waals surface area contributed by atoms with Gasteiger partial charge >= 0.3 is 0 Å². The number of carbonyl (C=O) groups is 2. The number of morpholine rings is 1. The molecule has 0 aliphatic carbocycles. The van der Waals surface area contributed by atoms with Crippen molar-refractivity contribution in [2.75, 3.05) is 42.3 Å². The van der Waals surface area contributed by atoms with E-state index in [4.69, 9.17) is 10.5 Å². The van der Waals surface area contributed by atoms with Crippen LogP contribution in [-0.2, 0) is 20.9 Å². The predicted octanol–water partition coefficient (Wildman–Crippen LogP) is 0.638. The van der Waals surface area contributed by atoms with Crippen molar-refractivity contribution < 1.29 is 14.3 Å². The van der Waals surface area contributed by atoms with Gasteiger partial charge in [0.15, 0.2) is 0 Å². The van der Waals surface area contributed by atoms with E-state index in [1.54, 1.807) is 0 Å². The second kappa shape index (κ2) is 7.81. The normalized spacial score (nSPS) is 18.9. The number of benzene rings is 1. The second-order valence-electron chi connectivity index (χ2n) is 6.78. The fourth-order valence-corrected chi connectivity index (χ4v) is 3.42. The van der Waals surface area contributed by atoms with Crippen molar-refractivity contribution in [2.24, 2.45) is 0 Å². The summed E-state index contributed by atoms with van der Waals surface area (Å²) in [6, 6.07) is 9.58. The zero-order valence-electron chi connectivity index (χ0n) is 15.4. The summed E-state index contributed by atoms with van der Waals surface area (Å²) in [6.07, 6.45) is 0.0120. The van der Waals surface area contributed by atoms with Crippen molar-refractivity contribution in [3.8, 4) is 0 Å². The Morgan fingerprint density at radius 2 is 2.00 bits per heavy atom. The zero-order chi connectivity index (χ0) is 19.5. The number of ether oxygens (including phenoxy) is 1. The molecule has 3 heterocycles. The highest BCUT2D eigenvalue weighted by atomic mass is 16.5. The number of aromatic nitrogens is 2. The van der Waals surface area contributed by atoms with Crippen LogP contribution in [0.4, 0.5) is 17.6 Å². The Kier molecular flexibility index (Phi) is 5.07. The summed E-state index contributed by atoms with van der Waals surface area (Å²) in [5.74, 6) is -0.291. The minimum Gasteiger partial charge on any atom is -0.383 e. The number of carbonyl (C=O) groups excluding carboxylic acids is 2. The third-order valence-corrected chi connectivity index (χ3v) is 4.88. The first kappa shape index (κ1) is 18.2. The van der Waals surface area contributed by atoms with Crippen LogP contribution >= 0.6 is 0 Å². The van der Waals surface area contributed by atoms with Crippen LogP contribution in [0.3, 0.4) is 0 Å². The van der Waals surface area contributed by atoms with Crippen LogP contribution < -0.4 is 21.3 Å². The smallest absolute Gasteiger partial charge is 0.229 e. The third-order valence-electron chi connectivity index (χ3n) is 4.88. The summed E-state index contributed by atoms with van der Waals surface area (Å²) < 4.78 is 5.34. The largest absolute Gasteiger partial charge is 0.383 e. The summed E-state index contributed by atoms with van der Waals surface area (Å²) >= 11 is 0. The summed E-state index contributed by atoms with van der Waals surface area (Å²) in [5.41, 5.74) is 7.64. The lowest BCUT2D eigenvalue weighted by molar-refractivity contribution is -0.126. The number of anilines is 3. The van der Waals surface area contributed by atoms with Gasteiger partial charge < -0.3 is 26.0 Å². The molecule has 2 aromatic rings. The fourth-order valence-electron chi connectivity index (χ4n) is 3.42. The highest BCUT2D eigenvalue weighted by Crippen LogP contribution is 2.36. The Morgan fingerprint density at radius 1 is 1.25 bits per heavy atom. The number of rotatable bonds is 4. The minimum atomic E-state index is -0.716. The molecule has 0 saturated carbocycles. The topological polar surface area (TPSA) is 122 Å². The molecule has 28 heavy (non-hydrogen) atoms. The van der Waals surface area contributed by atoms with Crippen LogP contribution in [0.15, 0.2) is 30.3 Å². The van der Waals surface area contributed by atoms with Crippen LogP contribution in [0, 0.1) is 0 Å². The van der Waals surface area contributed by atoms with E-state index in [0.717, 1.165) is 5.56 Å². The van der Waals surface area contributed by atoms with Crippen molar-refractivity contribution >= 4 is 29.4 Å². The first-order chi connectivity index (χ1) is 13.6. The van der Waals surface area contributed by atoms with Crippen molar-refractivity contribution in [1.29, 1.82) is 0 Å². The molecule has 4 rings (SSSR count). The van der Waals surface area contributed by atoms with Gasteiger partial charge in [-0.15, -0.1) is 0 Å². The van der Waals surface area contributed by atoms with Crippen molar-refractivity contribution in [3.63, 3.8) is 0 Å². The molecule has 1 aromatic heterocycles. The predicted molar refractivity (Wildman–Crippen MR) is 104 cm³/mol. The van der Waals surface area contributed by atoms with E-state index in [0.29, 0.717) is 50.2 Å². The van der Waals surface area contributed by atoms with E-state index >= 15 is 0 Å². The van der Waals surface area contributed by atoms with Gasteiger partial charge in [-0.05, 0) is 5.56 Å². The molecule has 0 bridgehead atoms. The number of nitrogens with two attached hydrogens (primary N) is 1. The molecule has 146 valence electrons. The first-order valence-electron chi connectivity index (χ1n) is 9.23. The average Bonchev–Trinajstić information content (AvgIpc) is 2.72. The van der Waals surface area contributed by atoms with Gasteiger partial charge in [-0.25, -0.2) is 0 Å². The lowest BCUT2D eigenvalue weighted by atomic mass is 9.92. The molecule has 1 atom stereocenters. The fraction of sp³-hybridized carbons (Fsp3) is 0.368. The van der Waals surface area contributed by atoms with Gasteiger partial charge in [0.05, 0.1) is 24.7 Å². The maximum atomic E-state index is 12.8. The zero-order valence-corrected chi connectivity index (χ0v) is 15.4. The number of amides is 2. The first-order valence-corrected chi connectivity index (χ1v) is 9.23. The number of nitrogens with one attached hydrogen (secondary N) is 2. The molecule has 1 saturated heterocycles. The highest BCUT2D eigenvalue weighted by molar-refractivity contribution is 6.01. The second-order valence-corrected chi connectivity index (χ2v) is 6.78. The molecule has 0 unspecified atom stereocenters. The Balaban J connectivity index is 1.57. The Labute approximate surface area is 162 Å². The van der Waals surface area contributed by atoms with Crippen molar-refractivity contribution in [1.82, 2.24) is 15.3 Å². The standard InChI is InChI=1S/C19H22N6O3/c20-16-15-13(18(27)21-11-12-4-2-1-3-5-12)10-14(26)22-17(15)24-19(23-16)25-6-8-28-9-7-25/h1-5,13H,6-11H2,(H,21,27)(H3,20,22,23,24,26)/t13-/m1/s1. The van der Waals surface area contributed by atoms with Crippen LogP contribution in [0.25, 0.3) is 0 Å². The lowest BCUT2D eigenvalue weighted by Gasteiger charge is -2.30. The number of nitrogens with zero attached hydrogens (tertiary/aromatic N) is 3. The van der Waals surface area contributed by atoms with E-state index in [1.165, 1.54) is 0 Å². The van der Waals surface area contributed by atoms with Crippen molar-refractivity contribution in [2.45, 2.75) is 18.9 Å². The summed E-state index contributed by atoms with van der Waals surface area (Å²) in [7, 11) is 0. The van der Waals surface area contributed by atoms with Crippen LogP contribution in [-0.4, -0.2) is 48.1 Å². The molecule has 4 N–H and O–H groups in total. The van der Waals surface area contributed by atoms with E-state index in [9.17, 15) is 9.59 Å². The van der Waals surface area contributed by atoms with Gasteiger partial charge in [-0.2, -0.15) is 9.97 Å². The maximum Gasteiger partial charge on any atom is 0.229 e. The van der Waals surface area contributed by atoms with E-state index in [-0.39, 0.29) is 24.1 Å². The summed E-state index contributed by atoms with van der Waals surface area (Å²) in [5, 5.41) is 5.61. The molecule has 2 aliphatic heterocycles. The minimum absolute atomic E-state index is 0.0120. The van der Waals surface area contributed by atoms with Gasteiger partial charge in [-0.1, -0.05) is 30.3 Å². The Morgan fingerprint density at radius 3 is 2.75 bits per heavy atom. The monoisotopic (exact) mass is 382 g/mol. The summed E-state index contributed by atoms with van der Waals surface area (Å²) in [6.45, 7) is 2.83. The number of hydrogen-bond acceptors (Lipinski definition) is 7. The average molecular weight is 382 g/mol. The molecule has 1 aromatic carbocycles. The molecule has 9 nitrogen and oxygen atoms in total. The quantitative estimate of drug-likeness (QED) is 0.709. The number of hydrogen-bond donors (Lipinski definition) is 3. The molecule has 1 fully saturated rings. The molecule has 9 heteroatoms. The van der Waals surface area contributed by atoms with E-state index in [2.05, 4.69) is 20.6 Å².